The van der Waals surface area contributed by atoms with Gasteiger partial charge in [0.05, 0.1) is 17.4 Å². The van der Waals surface area contributed by atoms with Crippen molar-refractivity contribution >= 4 is 66.3 Å². The summed E-state index contributed by atoms with van der Waals surface area (Å²) in [5.74, 6) is -0.881. The quantitative estimate of drug-likeness (QED) is 0.126. The van der Waals surface area contributed by atoms with Crippen molar-refractivity contribution in [3.05, 3.63) is 278 Å². The molecule has 2 nitrogen and oxygen atoms in total. The topological polar surface area (TPSA) is 6.48 Å². The highest BCUT2D eigenvalue weighted by Gasteiger charge is 2.37. The average molecular weight is 879 g/mol. The molecule has 0 fully saturated rings. The molecule has 0 heterocycles. The second-order valence-corrected chi connectivity index (χ2v) is 17.5. The Balaban J connectivity index is 1.09. The fourth-order valence-electron chi connectivity index (χ4n) is 10.4. The molecule has 1 aliphatic rings. The highest BCUT2D eigenvalue weighted by atomic mass is 19.1. The third kappa shape index (κ3) is 7.19. The van der Waals surface area contributed by atoms with Crippen LogP contribution in [0.1, 0.15) is 17.0 Å². The van der Waals surface area contributed by atoms with Gasteiger partial charge in [-0.3, -0.25) is 0 Å². The Labute approximate surface area is 395 Å². The van der Waals surface area contributed by atoms with E-state index in [2.05, 4.69) is 94.7 Å². The third-order valence-electron chi connectivity index (χ3n) is 13.5. The van der Waals surface area contributed by atoms with Gasteiger partial charge in [-0.1, -0.05) is 200 Å². The van der Waals surface area contributed by atoms with E-state index in [0.717, 1.165) is 94.0 Å². The van der Waals surface area contributed by atoms with Gasteiger partial charge in [0.2, 0.25) is 0 Å². The van der Waals surface area contributed by atoms with Crippen molar-refractivity contribution in [1.29, 1.82) is 0 Å². The van der Waals surface area contributed by atoms with E-state index in [4.69, 9.17) is 0 Å². The van der Waals surface area contributed by atoms with Gasteiger partial charge in [0.15, 0.2) is 0 Å². The summed E-state index contributed by atoms with van der Waals surface area (Å²) in [6.07, 6.45) is 3.94. The predicted molar refractivity (Wildman–Crippen MR) is 281 cm³/mol. The molecule has 2 atom stereocenters. The molecule has 0 saturated heterocycles. The molecular weight excluding hydrogens is 835 g/mol. The van der Waals surface area contributed by atoms with E-state index in [1.54, 1.807) is 12.1 Å². The van der Waals surface area contributed by atoms with Gasteiger partial charge in [0, 0.05) is 39.3 Å². The molecule has 0 aromatic heterocycles. The molecular formula is C64H44F2N2. The first-order valence-corrected chi connectivity index (χ1v) is 23.1. The lowest BCUT2D eigenvalue weighted by Crippen LogP contribution is -2.38. The fraction of sp³-hybridized carbons (Fsp3) is 0.0312. The lowest BCUT2D eigenvalue weighted by Gasteiger charge is -2.40. The molecule has 2 unspecified atom stereocenters. The molecule has 324 valence electrons. The molecule has 0 amide bonds. The maximum absolute atomic E-state index is 17.7. The van der Waals surface area contributed by atoms with Gasteiger partial charge in [-0.2, -0.15) is 0 Å². The van der Waals surface area contributed by atoms with Crippen LogP contribution in [0, 0.1) is 5.82 Å². The van der Waals surface area contributed by atoms with Crippen LogP contribution in [0.5, 0.6) is 0 Å². The van der Waals surface area contributed by atoms with Gasteiger partial charge in [0.1, 0.15) is 11.6 Å². The number of halogens is 2. The Bertz CT molecular complexity index is 3630. The molecule has 0 aliphatic heterocycles. The first-order chi connectivity index (χ1) is 33.6. The summed E-state index contributed by atoms with van der Waals surface area (Å²) < 4.78 is 35.3. The van der Waals surface area contributed by atoms with Gasteiger partial charge >= 0.3 is 0 Å². The van der Waals surface area contributed by atoms with E-state index in [-0.39, 0.29) is 17.6 Å². The molecule has 68 heavy (non-hydrogen) atoms. The minimum atomic E-state index is -0.701. The minimum Gasteiger partial charge on any atom is -0.330 e. The van der Waals surface area contributed by atoms with Crippen LogP contribution in [0.25, 0.3) is 60.1 Å². The molecule has 4 heteroatoms. The number of rotatable bonds is 10. The summed E-state index contributed by atoms with van der Waals surface area (Å²) in [5, 5.41) is 6.21. The zero-order valence-corrected chi connectivity index (χ0v) is 37.1. The summed E-state index contributed by atoms with van der Waals surface area (Å²) in [7, 11) is 0. The summed E-state index contributed by atoms with van der Waals surface area (Å²) in [6, 6.07) is 81.0. The molecule has 12 rings (SSSR count). The summed E-state index contributed by atoms with van der Waals surface area (Å²) >= 11 is 0. The van der Waals surface area contributed by atoms with Crippen LogP contribution in [0.4, 0.5) is 37.2 Å². The van der Waals surface area contributed by atoms with Crippen molar-refractivity contribution in [3.8, 4) is 22.3 Å². The number of benzene rings is 11. The first kappa shape index (κ1) is 40.9. The number of anilines is 5. The van der Waals surface area contributed by atoms with Crippen molar-refractivity contribution in [2.45, 2.75) is 12.0 Å². The highest BCUT2D eigenvalue weighted by Crippen LogP contribution is 2.51. The third-order valence-corrected chi connectivity index (χ3v) is 13.5. The number of hydrogen-bond donors (Lipinski definition) is 0. The number of nitrogens with zero attached hydrogens (tertiary/aromatic N) is 2. The summed E-state index contributed by atoms with van der Waals surface area (Å²) in [4.78, 5) is 4.28. The molecule has 0 N–H and O–H groups in total. The Hall–Kier alpha value is -8.60. The van der Waals surface area contributed by atoms with E-state index in [1.807, 2.05) is 158 Å². The van der Waals surface area contributed by atoms with Gasteiger partial charge in [-0.15, -0.1) is 0 Å². The Morgan fingerprint density at radius 2 is 0.882 bits per heavy atom. The van der Waals surface area contributed by atoms with E-state index in [1.165, 1.54) is 0 Å². The smallest absolute Gasteiger partial charge is 0.148 e. The molecule has 0 radical (unpaired) electrons. The monoisotopic (exact) mass is 878 g/mol. The predicted octanol–water partition coefficient (Wildman–Crippen LogP) is 17.8. The lowest BCUT2D eigenvalue weighted by atomic mass is 9.81. The van der Waals surface area contributed by atoms with Crippen LogP contribution in [0.2, 0.25) is 0 Å². The van der Waals surface area contributed by atoms with E-state index in [0.29, 0.717) is 5.69 Å². The van der Waals surface area contributed by atoms with E-state index >= 15 is 8.78 Å². The van der Waals surface area contributed by atoms with Gasteiger partial charge in [-0.05, 0) is 110 Å². The number of para-hydroxylation sites is 2. The van der Waals surface area contributed by atoms with Crippen molar-refractivity contribution in [2.75, 3.05) is 9.80 Å². The zero-order chi connectivity index (χ0) is 45.6. The molecule has 1 aliphatic carbocycles. The minimum absolute atomic E-state index is 0.218. The standard InChI is InChI=1S/C64H44F2N2/c65-57-41-49(43-19-7-1-8-20-43)39-55(45-23-11-3-12-24-45)63(57)67(51-27-15-5-16-28-51)59-37-33-47-32-36-54-60(38-34-48-31-35-53(59)61(47)62(48)54)68(52-29-17-6-18-30-52)64-56(46-25-13-4-14-26-46)40-50(42-58(64)66)44-21-9-2-10-22-44/h1-42,55,63H. The van der Waals surface area contributed by atoms with E-state index in [9.17, 15) is 0 Å². The average Bonchev–Trinajstić information content (AvgIpc) is 3.41. The van der Waals surface area contributed by atoms with Crippen LogP contribution in [0.15, 0.2) is 261 Å². The van der Waals surface area contributed by atoms with Gasteiger partial charge in [0.25, 0.3) is 0 Å². The molecule has 0 bridgehead atoms. The normalized spacial score (nSPS) is 14.8. The Morgan fingerprint density at radius 1 is 0.397 bits per heavy atom. The zero-order valence-electron chi connectivity index (χ0n) is 37.1. The number of allylic oxidation sites excluding steroid dienone is 2. The van der Waals surface area contributed by atoms with Crippen LogP contribution >= 0.6 is 0 Å². The van der Waals surface area contributed by atoms with Crippen LogP contribution in [-0.4, -0.2) is 6.04 Å². The largest absolute Gasteiger partial charge is 0.330 e. The van der Waals surface area contributed by atoms with Crippen molar-refractivity contribution in [2.24, 2.45) is 0 Å². The second kappa shape index (κ2) is 17.3. The van der Waals surface area contributed by atoms with Crippen LogP contribution in [-0.2, 0) is 0 Å². The molecule has 0 spiro atoms. The van der Waals surface area contributed by atoms with Gasteiger partial charge < -0.3 is 9.80 Å². The second-order valence-electron chi connectivity index (χ2n) is 17.5. The molecule has 0 saturated carbocycles. The maximum atomic E-state index is 17.7. The Kier molecular flexibility index (Phi) is 10.4. The maximum Gasteiger partial charge on any atom is 0.148 e. The van der Waals surface area contributed by atoms with Crippen molar-refractivity contribution < 1.29 is 8.78 Å². The number of hydrogen-bond acceptors (Lipinski definition) is 2. The molecule has 11 aromatic carbocycles. The van der Waals surface area contributed by atoms with E-state index < -0.39 is 6.04 Å². The summed E-state index contributed by atoms with van der Waals surface area (Å²) in [5.41, 5.74) is 10.2. The molecule has 11 aromatic rings. The SMILES string of the molecule is FC1=CC(c2ccccc2)=CC(c2ccccc2)C1N(c1ccccc1)c1ccc2ccc3c(N(c4ccccc4)c4c(F)cc(-c5ccccc5)cc4-c4ccccc4)ccc4ccc1c2c43. The van der Waals surface area contributed by atoms with Crippen molar-refractivity contribution in [3.63, 3.8) is 0 Å². The highest BCUT2D eigenvalue weighted by molar-refractivity contribution is 6.28. The first-order valence-electron chi connectivity index (χ1n) is 23.1. The Morgan fingerprint density at radius 3 is 1.49 bits per heavy atom. The lowest BCUT2D eigenvalue weighted by molar-refractivity contribution is 0.503. The fourth-order valence-corrected chi connectivity index (χ4v) is 10.4. The van der Waals surface area contributed by atoms with Crippen LogP contribution < -0.4 is 9.80 Å². The van der Waals surface area contributed by atoms with Crippen molar-refractivity contribution in [1.82, 2.24) is 0 Å². The van der Waals surface area contributed by atoms with Gasteiger partial charge in [-0.25, -0.2) is 8.78 Å². The van der Waals surface area contributed by atoms with Crippen LogP contribution in [0.3, 0.4) is 0 Å². The summed E-state index contributed by atoms with van der Waals surface area (Å²) in [6.45, 7) is 0.